The first kappa shape index (κ1) is 15.0. The van der Waals surface area contributed by atoms with E-state index in [2.05, 4.69) is 10.3 Å². The average Bonchev–Trinajstić information content (AvgIpc) is 2.92. The first-order valence-corrected chi connectivity index (χ1v) is 8.40. The third-order valence-corrected chi connectivity index (χ3v) is 4.58. The van der Waals surface area contributed by atoms with E-state index in [1.54, 1.807) is 12.3 Å². The number of ether oxygens (including phenoxy) is 2. The second-order valence-electron chi connectivity index (χ2n) is 6.48. The maximum absolute atomic E-state index is 12.3. The maximum atomic E-state index is 12.3. The van der Waals surface area contributed by atoms with Crippen LogP contribution < -0.4 is 14.8 Å². The van der Waals surface area contributed by atoms with Crippen molar-refractivity contribution < 1.29 is 14.3 Å². The maximum Gasteiger partial charge on any atom is 0.257 e. The number of hydrogen-bond acceptors (Lipinski definition) is 4. The number of rotatable bonds is 2. The molecule has 124 valence electrons. The number of carbonyl (C=O) groups is 1. The highest BCUT2D eigenvalue weighted by atomic mass is 16.7. The van der Waals surface area contributed by atoms with Gasteiger partial charge in [0.25, 0.3) is 11.7 Å². The highest BCUT2D eigenvalue weighted by molar-refractivity contribution is 6.04. The minimum atomic E-state index is -0.496. The lowest BCUT2D eigenvalue weighted by molar-refractivity contribution is -0.105. The van der Waals surface area contributed by atoms with Gasteiger partial charge in [0.1, 0.15) is 0 Å². The molecular formula is C19H20N2O3. The molecule has 5 nitrogen and oxygen atoms in total. The summed E-state index contributed by atoms with van der Waals surface area (Å²) in [7, 11) is 0. The van der Waals surface area contributed by atoms with E-state index in [0.29, 0.717) is 17.0 Å². The Morgan fingerprint density at radius 1 is 1.08 bits per heavy atom. The Hall–Kier alpha value is -2.56. The van der Waals surface area contributed by atoms with E-state index in [0.717, 1.165) is 37.1 Å². The van der Waals surface area contributed by atoms with E-state index in [4.69, 9.17) is 9.47 Å². The molecule has 1 aliphatic heterocycles. The standard InChI is InChI=1S/C19H20N2O3/c1-13-5-6-14(12-20-13)18(22)21-15-7-8-16-17(11-15)24-19(23-16)9-3-2-4-10-19/h5-8,11-12H,2-4,9-10H2,1H3,(H,21,22). The summed E-state index contributed by atoms with van der Waals surface area (Å²) >= 11 is 0. The van der Waals surface area contributed by atoms with E-state index in [1.165, 1.54) is 6.42 Å². The minimum absolute atomic E-state index is 0.186. The molecule has 0 radical (unpaired) electrons. The minimum Gasteiger partial charge on any atom is -0.448 e. The molecule has 1 aliphatic carbocycles. The van der Waals surface area contributed by atoms with Gasteiger partial charge in [0.15, 0.2) is 11.5 Å². The second-order valence-corrected chi connectivity index (χ2v) is 6.48. The molecule has 0 saturated heterocycles. The lowest BCUT2D eigenvalue weighted by Crippen LogP contribution is -2.40. The Balaban J connectivity index is 1.50. The Morgan fingerprint density at radius 2 is 1.88 bits per heavy atom. The van der Waals surface area contributed by atoms with Crippen molar-refractivity contribution in [3.8, 4) is 11.5 Å². The van der Waals surface area contributed by atoms with Gasteiger partial charge in [-0.15, -0.1) is 0 Å². The summed E-state index contributed by atoms with van der Waals surface area (Å²) in [6.07, 6.45) is 6.89. The third-order valence-electron chi connectivity index (χ3n) is 4.58. The fourth-order valence-electron chi connectivity index (χ4n) is 3.27. The van der Waals surface area contributed by atoms with Crippen LogP contribution in [0.3, 0.4) is 0 Å². The van der Waals surface area contributed by atoms with Crippen LogP contribution in [0, 0.1) is 6.92 Å². The summed E-state index contributed by atoms with van der Waals surface area (Å²) in [5, 5.41) is 2.88. The van der Waals surface area contributed by atoms with Crippen molar-refractivity contribution in [2.75, 3.05) is 5.32 Å². The molecule has 2 heterocycles. The van der Waals surface area contributed by atoms with E-state index in [-0.39, 0.29) is 5.91 Å². The summed E-state index contributed by atoms with van der Waals surface area (Å²) in [5.74, 6) is 0.779. The van der Waals surface area contributed by atoms with E-state index >= 15 is 0 Å². The van der Waals surface area contributed by atoms with Crippen molar-refractivity contribution in [3.05, 3.63) is 47.8 Å². The smallest absolute Gasteiger partial charge is 0.257 e. The lowest BCUT2D eigenvalue weighted by atomic mass is 9.94. The van der Waals surface area contributed by atoms with Gasteiger partial charge < -0.3 is 14.8 Å². The van der Waals surface area contributed by atoms with Gasteiger partial charge in [-0.25, -0.2) is 0 Å². The zero-order valence-corrected chi connectivity index (χ0v) is 13.7. The summed E-state index contributed by atoms with van der Waals surface area (Å²) in [6, 6.07) is 9.12. The van der Waals surface area contributed by atoms with Gasteiger partial charge in [-0.05, 0) is 44.0 Å². The average molecular weight is 324 g/mol. The molecule has 4 rings (SSSR count). The molecule has 1 spiro atoms. The molecule has 0 bridgehead atoms. The molecule has 5 heteroatoms. The number of nitrogens with zero attached hydrogens (tertiary/aromatic N) is 1. The van der Waals surface area contributed by atoms with Crippen LogP contribution in [0.1, 0.15) is 48.2 Å². The number of fused-ring (bicyclic) bond motifs is 1. The van der Waals surface area contributed by atoms with Gasteiger partial charge in [0.2, 0.25) is 0 Å². The molecular weight excluding hydrogens is 304 g/mol. The summed E-state index contributed by atoms with van der Waals surface area (Å²) in [4.78, 5) is 16.4. The Labute approximate surface area is 141 Å². The Morgan fingerprint density at radius 3 is 2.62 bits per heavy atom. The van der Waals surface area contributed by atoms with Gasteiger partial charge in [0.05, 0.1) is 5.56 Å². The first-order valence-electron chi connectivity index (χ1n) is 8.40. The number of anilines is 1. The van der Waals surface area contributed by atoms with Crippen LogP contribution in [0.25, 0.3) is 0 Å². The molecule has 1 aromatic heterocycles. The van der Waals surface area contributed by atoms with Crippen LogP contribution in [0.4, 0.5) is 5.69 Å². The Kier molecular flexibility index (Phi) is 3.63. The number of nitrogens with one attached hydrogen (secondary N) is 1. The highest BCUT2D eigenvalue weighted by Gasteiger charge is 2.42. The topological polar surface area (TPSA) is 60.5 Å². The van der Waals surface area contributed by atoms with Crippen LogP contribution in [0.2, 0.25) is 0 Å². The summed E-state index contributed by atoms with van der Waals surface area (Å²) in [5.41, 5.74) is 2.10. The summed E-state index contributed by atoms with van der Waals surface area (Å²) in [6.45, 7) is 1.89. The predicted octanol–water partition coefficient (Wildman–Crippen LogP) is 4.07. The molecule has 0 unspecified atom stereocenters. The van der Waals surface area contributed by atoms with Crippen molar-refractivity contribution in [1.82, 2.24) is 4.98 Å². The number of carbonyl (C=O) groups excluding carboxylic acids is 1. The molecule has 1 saturated carbocycles. The number of benzene rings is 1. The highest BCUT2D eigenvalue weighted by Crippen LogP contribution is 2.46. The van der Waals surface area contributed by atoms with Gasteiger partial charge in [-0.3, -0.25) is 9.78 Å². The molecule has 1 aromatic carbocycles. The van der Waals surface area contributed by atoms with E-state index in [1.807, 2.05) is 31.2 Å². The van der Waals surface area contributed by atoms with Crippen LogP contribution >= 0.6 is 0 Å². The van der Waals surface area contributed by atoms with Crippen LogP contribution in [0.15, 0.2) is 36.5 Å². The largest absolute Gasteiger partial charge is 0.448 e. The van der Waals surface area contributed by atoms with Crippen molar-refractivity contribution >= 4 is 11.6 Å². The molecule has 24 heavy (non-hydrogen) atoms. The first-order chi connectivity index (χ1) is 11.6. The second kappa shape index (κ2) is 5.82. The normalized spacial score (nSPS) is 17.7. The lowest BCUT2D eigenvalue weighted by Gasteiger charge is -2.31. The zero-order chi connectivity index (χ0) is 16.6. The zero-order valence-electron chi connectivity index (χ0n) is 13.7. The summed E-state index contributed by atoms with van der Waals surface area (Å²) < 4.78 is 12.1. The van der Waals surface area contributed by atoms with Crippen molar-refractivity contribution in [3.63, 3.8) is 0 Å². The van der Waals surface area contributed by atoms with Crippen molar-refractivity contribution in [2.45, 2.75) is 44.8 Å². The molecule has 2 aliphatic rings. The van der Waals surface area contributed by atoms with E-state index < -0.39 is 5.79 Å². The van der Waals surface area contributed by atoms with E-state index in [9.17, 15) is 4.79 Å². The molecule has 1 fully saturated rings. The Bertz CT molecular complexity index is 765. The molecule has 0 atom stereocenters. The SMILES string of the molecule is Cc1ccc(C(=O)Nc2ccc3c(c2)OC2(CCCCC2)O3)cn1. The molecule has 2 aromatic rings. The fraction of sp³-hybridized carbons (Fsp3) is 0.368. The fourth-order valence-corrected chi connectivity index (χ4v) is 3.27. The van der Waals surface area contributed by atoms with Gasteiger partial charge in [-0.1, -0.05) is 6.42 Å². The molecule has 1 amide bonds. The predicted molar refractivity (Wildman–Crippen MR) is 90.4 cm³/mol. The van der Waals surface area contributed by atoms with Crippen LogP contribution in [-0.2, 0) is 0 Å². The van der Waals surface area contributed by atoms with Gasteiger partial charge >= 0.3 is 0 Å². The number of aromatic nitrogens is 1. The number of pyridine rings is 1. The van der Waals surface area contributed by atoms with Crippen LogP contribution in [0.5, 0.6) is 11.5 Å². The number of aryl methyl sites for hydroxylation is 1. The van der Waals surface area contributed by atoms with Crippen LogP contribution in [-0.4, -0.2) is 16.7 Å². The molecule has 1 N–H and O–H groups in total. The van der Waals surface area contributed by atoms with Crippen molar-refractivity contribution in [1.29, 1.82) is 0 Å². The van der Waals surface area contributed by atoms with Gasteiger partial charge in [0, 0.05) is 36.5 Å². The number of amides is 1. The third kappa shape index (κ3) is 2.82. The number of hydrogen-bond donors (Lipinski definition) is 1. The van der Waals surface area contributed by atoms with Crippen molar-refractivity contribution in [2.24, 2.45) is 0 Å². The quantitative estimate of drug-likeness (QED) is 0.904. The monoisotopic (exact) mass is 324 g/mol. The van der Waals surface area contributed by atoms with Gasteiger partial charge in [-0.2, -0.15) is 0 Å².